The van der Waals surface area contributed by atoms with Crippen LogP contribution in [-0.2, 0) is 5.11 Å². The highest BCUT2D eigenvalue weighted by Crippen LogP contribution is 1.95. The average molecular weight is 87.1 g/mol. The molecule has 0 spiro atoms. The number of hydrogen-bond acceptors (Lipinski definition) is 0. The highest BCUT2D eigenvalue weighted by molar-refractivity contribution is 4.41. The van der Waals surface area contributed by atoms with E-state index in [9.17, 15) is 5.11 Å². The molecule has 0 amide bonds. The first kappa shape index (κ1) is 5.96. The second-order valence-corrected chi connectivity index (χ2v) is 1.68. The molecule has 1 nitrogen and oxygen atoms in total. The molecule has 6 heavy (non-hydrogen) atoms. The SMILES string of the molecule is CCC(C)C[O]. The smallest absolute Gasteiger partial charge is 0.0847 e. The minimum absolute atomic E-state index is 0.0799. The molecule has 1 unspecified atom stereocenters. The zero-order valence-corrected chi connectivity index (χ0v) is 4.40. The van der Waals surface area contributed by atoms with E-state index in [0.29, 0.717) is 5.92 Å². The minimum atomic E-state index is 0.0799. The Balaban J connectivity index is 2.75. The summed E-state index contributed by atoms with van der Waals surface area (Å²) in [5.41, 5.74) is 0. The first-order chi connectivity index (χ1) is 2.81. The lowest BCUT2D eigenvalue weighted by molar-refractivity contribution is 0.149. The van der Waals surface area contributed by atoms with Crippen molar-refractivity contribution in [2.75, 3.05) is 6.61 Å². The van der Waals surface area contributed by atoms with Crippen molar-refractivity contribution < 1.29 is 5.11 Å². The maximum Gasteiger partial charge on any atom is 0.0847 e. The quantitative estimate of drug-likeness (QED) is 0.486. The predicted octanol–water partition coefficient (Wildman–Crippen LogP) is 1.46. The fourth-order valence-electron chi connectivity index (χ4n) is 0.118. The lowest BCUT2D eigenvalue weighted by atomic mass is 10.1. The summed E-state index contributed by atoms with van der Waals surface area (Å²) in [6.45, 7) is 4.08. The minimum Gasteiger partial charge on any atom is -0.236 e. The van der Waals surface area contributed by atoms with Crippen molar-refractivity contribution in [3.05, 3.63) is 0 Å². The van der Waals surface area contributed by atoms with Crippen molar-refractivity contribution in [2.45, 2.75) is 20.3 Å². The Labute approximate surface area is 39.0 Å². The van der Waals surface area contributed by atoms with Crippen LogP contribution in [0.25, 0.3) is 0 Å². The van der Waals surface area contributed by atoms with Crippen LogP contribution in [0.2, 0.25) is 0 Å². The van der Waals surface area contributed by atoms with E-state index in [4.69, 9.17) is 0 Å². The molecule has 0 saturated carbocycles. The zero-order chi connectivity index (χ0) is 4.99. The zero-order valence-electron chi connectivity index (χ0n) is 4.40. The van der Waals surface area contributed by atoms with Gasteiger partial charge >= 0.3 is 0 Å². The van der Waals surface area contributed by atoms with Crippen molar-refractivity contribution in [1.29, 1.82) is 0 Å². The molecule has 0 fully saturated rings. The maximum absolute atomic E-state index is 9.86. The fraction of sp³-hybridized carbons (Fsp3) is 1.00. The summed E-state index contributed by atoms with van der Waals surface area (Å²) >= 11 is 0. The third kappa shape index (κ3) is 2.21. The van der Waals surface area contributed by atoms with E-state index in [1.54, 1.807) is 0 Å². The van der Waals surface area contributed by atoms with Gasteiger partial charge in [0.15, 0.2) is 0 Å². The van der Waals surface area contributed by atoms with Gasteiger partial charge in [0.2, 0.25) is 0 Å². The lowest BCUT2D eigenvalue weighted by Gasteiger charge is -1.96. The van der Waals surface area contributed by atoms with Crippen LogP contribution in [0, 0.1) is 5.92 Å². The molecule has 1 atom stereocenters. The Morgan fingerprint density at radius 3 is 2.17 bits per heavy atom. The topological polar surface area (TPSA) is 19.9 Å². The molecular weight excluding hydrogens is 76.1 g/mol. The Bertz CT molecular complexity index is 23.1. The molecule has 0 aromatic carbocycles. The number of hydrogen-bond donors (Lipinski definition) is 0. The number of rotatable bonds is 2. The van der Waals surface area contributed by atoms with Crippen molar-refractivity contribution in [3.8, 4) is 0 Å². The Morgan fingerprint density at radius 2 is 2.17 bits per heavy atom. The summed E-state index contributed by atoms with van der Waals surface area (Å²) < 4.78 is 0. The second-order valence-electron chi connectivity index (χ2n) is 1.68. The third-order valence-electron chi connectivity index (χ3n) is 0.981. The summed E-state index contributed by atoms with van der Waals surface area (Å²) in [6.07, 6.45) is 1.02. The van der Waals surface area contributed by atoms with Crippen molar-refractivity contribution in [3.63, 3.8) is 0 Å². The standard InChI is InChI=1S/C5H11O/c1-3-5(2)4-6/h5H,3-4H2,1-2H3. The molecule has 0 aliphatic heterocycles. The third-order valence-corrected chi connectivity index (χ3v) is 0.981. The van der Waals surface area contributed by atoms with Crippen molar-refractivity contribution in [1.82, 2.24) is 0 Å². The van der Waals surface area contributed by atoms with Gasteiger partial charge in [-0.05, 0) is 5.92 Å². The van der Waals surface area contributed by atoms with Crippen LogP contribution >= 0.6 is 0 Å². The summed E-state index contributed by atoms with van der Waals surface area (Å²) in [5.74, 6) is 0.380. The summed E-state index contributed by atoms with van der Waals surface area (Å²) in [6, 6.07) is 0. The van der Waals surface area contributed by atoms with Gasteiger partial charge in [-0.2, -0.15) is 0 Å². The van der Waals surface area contributed by atoms with Gasteiger partial charge in [-0.25, -0.2) is 5.11 Å². The summed E-state index contributed by atoms with van der Waals surface area (Å²) in [4.78, 5) is 0. The van der Waals surface area contributed by atoms with Gasteiger partial charge in [0, 0.05) is 0 Å². The van der Waals surface area contributed by atoms with E-state index in [0.717, 1.165) is 6.42 Å². The van der Waals surface area contributed by atoms with Gasteiger partial charge < -0.3 is 0 Å². The van der Waals surface area contributed by atoms with E-state index >= 15 is 0 Å². The Morgan fingerprint density at radius 1 is 1.67 bits per heavy atom. The highest BCUT2D eigenvalue weighted by atomic mass is 16.3. The van der Waals surface area contributed by atoms with E-state index in [1.807, 2.05) is 13.8 Å². The highest BCUT2D eigenvalue weighted by Gasteiger charge is 1.91. The van der Waals surface area contributed by atoms with Gasteiger partial charge in [-0.1, -0.05) is 20.3 Å². The van der Waals surface area contributed by atoms with Gasteiger partial charge in [0.05, 0.1) is 6.61 Å². The molecule has 0 heterocycles. The molecule has 0 aliphatic rings. The molecular formula is C5H11O. The van der Waals surface area contributed by atoms with E-state index in [1.165, 1.54) is 0 Å². The summed E-state index contributed by atoms with van der Waals surface area (Å²) in [7, 11) is 0. The second kappa shape index (κ2) is 3.16. The van der Waals surface area contributed by atoms with Crippen LogP contribution in [0.3, 0.4) is 0 Å². The first-order valence-corrected chi connectivity index (χ1v) is 2.39. The van der Waals surface area contributed by atoms with Crippen molar-refractivity contribution >= 4 is 0 Å². The summed E-state index contributed by atoms with van der Waals surface area (Å²) in [5, 5.41) is 9.86. The van der Waals surface area contributed by atoms with Gasteiger partial charge in [0.25, 0.3) is 0 Å². The van der Waals surface area contributed by atoms with Crippen LogP contribution in [0.5, 0.6) is 0 Å². The van der Waals surface area contributed by atoms with Gasteiger partial charge in [-0.15, -0.1) is 0 Å². The Kier molecular flexibility index (Phi) is 3.14. The van der Waals surface area contributed by atoms with E-state index < -0.39 is 0 Å². The molecule has 1 radical (unpaired) electrons. The molecule has 0 rings (SSSR count). The first-order valence-electron chi connectivity index (χ1n) is 2.39. The lowest BCUT2D eigenvalue weighted by Crippen LogP contribution is -1.94. The molecule has 0 aromatic heterocycles. The molecule has 0 bridgehead atoms. The van der Waals surface area contributed by atoms with E-state index in [2.05, 4.69) is 0 Å². The van der Waals surface area contributed by atoms with Gasteiger partial charge in [0.1, 0.15) is 0 Å². The Hall–Kier alpha value is -0.0400. The maximum atomic E-state index is 9.86. The van der Waals surface area contributed by atoms with Crippen LogP contribution in [0.1, 0.15) is 20.3 Å². The van der Waals surface area contributed by atoms with Gasteiger partial charge in [-0.3, -0.25) is 0 Å². The van der Waals surface area contributed by atoms with Crippen LogP contribution in [0.4, 0.5) is 0 Å². The largest absolute Gasteiger partial charge is 0.236 e. The van der Waals surface area contributed by atoms with Crippen molar-refractivity contribution in [2.24, 2.45) is 5.92 Å². The predicted molar refractivity (Wildman–Crippen MR) is 25.0 cm³/mol. The normalized spacial score (nSPS) is 14.5. The van der Waals surface area contributed by atoms with E-state index in [-0.39, 0.29) is 6.61 Å². The van der Waals surface area contributed by atoms with Crippen LogP contribution in [0.15, 0.2) is 0 Å². The monoisotopic (exact) mass is 87.1 g/mol. The molecule has 0 aliphatic carbocycles. The molecule has 0 N–H and O–H groups in total. The van der Waals surface area contributed by atoms with Crippen LogP contribution < -0.4 is 0 Å². The average Bonchev–Trinajstić information content (AvgIpc) is 1.65. The molecule has 0 saturated heterocycles. The van der Waals surface area contributed by atoms with Crippen LogP contribution in [-0.4, -0.2) is 6.61 Å². The molecule has 37 valence electrons. The molecule has 1 heteroatoms. The molecule has 0 aromatic rings. The fourth-order valence-corrected chi connectivity index (χ4v) is 0.118.